The van der Waals surface area contributed by atoms with Gasteiger partial charge in [0.2, 0.25) is 5.91 Å². The number of hydrogen-bond acceptors (Lipinski definition) is 3. The molecule has 1 aromatic rings. The van der Waals surface area contributed by atoms with E-state index in [-0.39, 0.29) is 41.8 Å². The first kappa shape index (κ1) is 23.5. The molecule has 0 bridgehead atoms. The molecule has 0 spiro atoms. The fraction of sp³-hybridized carbons (Fsp3) is 0.600. The summed E-state index contributed by atoms with van der Waals surface area (Å²) in [4.78, 5) is 16.4. The summed E-state index contributed by atoms with van der Waals surface area (Å²) in [5.41, 5.74) is 1.11. The zero-order chi connectivity index (χ0) is 18.8. The van der Waals surface area contributed by atoms with Crippen molar-refractivity contribution in [2.24, 2.45) is 16.8 Å². The van der Waals surface area contributed by atoms with Gasteiger partial charge >= 0.3 is 0 Å². The second-order valence-corrected chi connectivity index (χ2v) is 7.07. The molecular formula is C20H34IN5O. The Hall–Kier alpha value is -1.51. The number of benzene rings is 1. The summed E-state index contributed by atoms with van der Waals surface area (Å²) in [5, 5.41) is 13.1. The van der Waals surface area contributed by atoms with Crippen LogP contribution in [0.25, 0.3) is 0 Å². The summed E-state index contributed by atoms with van der Waals surface area (Å²) in [5.74, 6) is 1.68. The molecular weight excluding hydrogens is 453 g/mol. The molecule has 1 aromatic carbocycles. The minimum atomic E-state index is 0. The SMILES string of the molecule is CCNC(=NCC(Nc1ccccc1)C(C)C)NCCNC(=O)C1CC1.I. The van der Waals surface area contributed by atoms with Crippen molar-refractivity contribution in [3.63, 3.8) is 0 Å². The second kappa shape index (κ2) is 12.8. The van der Waals surface area contributed by atoms with Crippen LogP contribution in [0.5, 0.6) is 0 Å². The van der Waals surface area contributed by atoms with Gasteiger partial charge in [0, 0.05) is 37.3 Å². The van der Waals surface area contributed by atoms with E-state index in [9.17, 15) is 4.79 Å². The Balaban J connectivity index is 0.00000364. The molecule has 1 fully saturated rings. The van der Waals surface area contributed by atoms with Gasteiger partial charge in [-0.2, -0.15) is 0 Å². The zero-order valence-electron chi connectivity index (χ0n) is 16.6. The topological polar surface area (TPSA) is 77.6 Å². The lowest BCUT2D eigenvalue weighted by Gasteiger charge is -2.22. The van der Waals surface area contributed by atoms with Crippen LogP contribution in [0.4, 0.5) is 5.69 Å². The van der Waals surface area contributed by atoms with Crippen LogP contribution in [0.1, 0.15) is 33.6 Å². The fourth-order valence-corrected chi connectivity index (χ4v) is 2.56. The lowest BCUT2D eigenvalue weighted by Crippen LogP contribution is -2.42. The maximum Gasteiger partial charge on any atom is 0.223 e. The van der Waals surface area contributed by atoms with Gasteiger partial charge in [-0.25, -0.2) is 0 Å². The molecule has 27 heavy (non-hydrogen) atoms. The minimum Gasteiger partial charge on any atom is -0.380 e. The molecule has 1 aliphatic carbocycles. The third-order valence-corrected chi connectivity index (χ3v) is 4.39. The van der Waals surface area contributed by atoms with E-state index in [0.717, 1.165) is 31.0 Å². The van der Waals surface area contributed by atoms with Crippen LogP contribution in [0.15, 0.2) is 35.3 Å². The van der Waals surface area contributed by atoms with E-state index in [2.05, 4.69) is 47.2 Å². The molecule has 1 unspecified atom stereocenters. The minimum absolute atomic E-state index is 0. The summed E-state index contributed by atoms with van der Waals surface area (Å²) < 4.78 is 0. The highest BCUT2D eigenvalue weighted by atomic mass is 127. The average molecular weight is 487 g/mol. The first-order valence-electron chi connectivity index (χ1n) is 9.71. The largest absolute Gasteiger partial charge is 0.380 e. The molecule has 0 aliphatic heterocycles. The van der Waals surface area contributed by atoms with E-state index >= 15 is 0 Å². The number of nitrogens with one attached hydrogen (secondary N) is 4. The monoisotopic (exact) mass is 487 g/mol. The van der Waals surface area contributed by atoms with E-state index in [4.69, 9.17) is 4.99 Å². The number of hydrogen-bond donors (Lipinski definition) is 4. The van der Waals surface area contributed by atoms with Crippen LogP contribution >= 0.6 is 24.0 Å². The van der Waals surface area contributed by atoms with Gasteiger partial charge in [-0.05, 0) is 37.8 Å². The standard InChI is InChI=1S/C20H33N5O.HI/c1-4-21-20(23-13-12-22-19(26)16-10-11-16)24-14-18(15(2)3)25-17-8-6-5-7-9-17;/h5-9,15-16,18,25H,4,10-14H2,1-3H3,(H,22,26)(H2,21,23,24);1H. The van der Waals surface area contributed by atoms with Gasteiger partial charge in [-0.3, -0.25) is 9.79 Å². The van der Waals surface area contributed by atoms with Gasteiger partial charge in [0.1, 0.15) is 0 Å². The summed E-state index contributed by atoms with van der Waals surface area (Å²) in [7, 11) is 0. The fourth-order valence-electron chi connectivity index (χ4n) is 2.56. The smallest absolute Gasteiger partial charge is 0.223 e. The summed E-state index contributed by atoms with van der Waals surface area (Å²) >= 11 is 0. The van der Waals surface area contributed by atoms with E-state index in [1.807, 2.05) is 25.1 Å². The van der Waals surface area contributed by atoms with Crippen molar-refractivity contribution < 1.29 is 4.79 Å². The molecule has 1 aliphatic rings. The molecule has 0 heterocycles. The number of aliphatic imine (C=N–C) groups is 1. The molecule has 152 valence electrons. The van der Waals surface area contributed by atoms with Gasteiger partial charge in [0.15, 0.2) is 5.96 Å². The molecule has 1 atom stereocenters. The summed E-state index contributed by atoms with van der Waals surface area (Å²) in [6.07, 6.45) is 2.07. The van der Waals surface area contributed by atoms with Gasteiger partial charge < -0.3 is 21.3 Å². The third-order valence-electron chi connectivity index (χ3n) is 4.39. The molecule has 0 aromatic heterocycles. The van der Waals surface area contributed by atoms with Crippen molar-refractivity contribution in [3.8, 4) is 0 Å². The van der Waals surface area contributed by atoms with E-state index < -0.39 is 0 Å². The van der Waals surface area contributed by atoms with E-state index in [1.165, 1.54) is 0 Å². The maximum atomic E-state index is 11.6. The maximum absolute atomic E-state index is 11.6. The van der Waals surface area contributed by atoms with Gasteiger partial charge in [0.25, 0.3) is 0 Å². The van der Waals surface area contributed by atoms with E-state index in [0.29, 0.717) is 25.6 Å². The van der Waals surface area contributed by atoms with Crippen molar-refractivity contribution in [2.75, 3.05) is 31.5 Å². The first-order chi connectivity index (χ1) is 12.6. The Morgan fingerprint density at radius 3 is 2.37 bits per heavy atom. The number of amides is 1. The molecule has 0 radical (unpaired) electrons. The van der Waals surface area contributed by atoms with Crippen molar-refractivity contribution >= 4 is 41.5 Å². The summed E-state index contributed by atoms with van der Waals surface area (Å²) in [6.45, 7) is 9.22. The van der Waals surface area contributed by atoms with Crippen LogP contribution in [0.2, 0.25) is 0 Å². The molecule has 6 nitrogen and oxygen atoms in total. The third kappa shape index (κ3) is 9.30. The number of anilines is 1. The number of carbonyl (C=O) groups is 1. The number of carbonyl (C=O) groups excluding carboxylic acids is 1. The Labute approximate surface area is 180 Å². The highest BCUT2D eigenvalue weighted by Crippen LogP contribution is 2.28. The highest BCUT2D eigenvalue weighted by molar-refractivity contribution is 14.0. The Bertz CT molecular complexity index is 575. The van der Waals surface area contributed by atoms with E-state index in [1.54, 1.807) is 0 Å². The normalized spacial score (nSPS) is 14.9. The first-order valence-corrected chi connectivity index (χ1v) is 9.71. The number of guanidine groups is 1. The number of para-hydroxylation sites is 1. The Morgan fingerprint density at radius 1 is 1.11 bits per heavy atom. The molecule has 1 amide bonds. The zero-order valence-corrected chi connectivity index (χ0v) is 19.0. The lowest BCUT2D eigenvalue weighted by molar-refractivity contribution is -0.122. The van der Waals surface area contributed by atoms with Crippen molar-refractivity contribution in [3.05, 3.63) is 30.3 Å². The van der Waals surface area contributed by atoms with Crippen LogP contribution in [0, 0.1) is 11.8 Å². The van der Waals surface area contributed by atoms with Crippen molar-refractivity contribution in [1.29, 1.82) is 0 Å². The van der Waals surface area contributed by atoms with Gasteiger partial charge in [0.05, 0.1) is 6.54 Å². The van der Waals surface area contributed by atoms with Crippen LogP contribution < -0.4 is 21.3 Å². The number of rotatable bonds is 10. The molecule has 7 heteroatoms. The highest BCUT2D eigenvalue weighted by Gasteiger charge is 2.28. The Morgan fingerprint density at radius 2 is 1.78 bits per heavy atom. The van der Waals surface area contributed by atoms with Gasteiger partial charge in [-0.15, -0.1) is 24.0 Å². The molecule has 1 saturated carbocycles. The predicted octanol–water partition coefficient (Wildman–Crippen LogP) is 2.82. The van der Waals surface area contributed by atoms with Crippen LogP contribution in [0.3, 0.4) is 0 Å². The molecule has 2 rings (SSSR count). The summed E-state index contributed by atoms with van der Waals surface area (Å²) in [6, 6.07) is 10.5. The molecule has 0 saturated heterocycles. The predicted molar refractivity (Wildman–Crippen MR) is 124 cm³/mol. The second-order valence-electron chi connectivity index (χ2n) is 7.07. The lowest BCUT2D eigenvalue weighted by atomic mass is 10.0. The van der Waals surface area contributed by atoms with Crippen LogP contribution in [-0.2, 0) is 4.79 Å². The Kier molecular flexibility index (Phi) is 11.2. The van der Waals surface area contributed by atoms with Crippen molar-refractivity contribution in [1.82, 2.24) is 16.0 Å². The quantitative estimate of drug-likeness (QED) is 0.177. The number of halogens is 1. The van der Waals surface area contributed by atoms with Gasteiger partial charge in [-0.1, -0.05) is 32.0 Å². The van der Waals surface area contributed by atoms with Crippen molar-refractivity contribution in [2.45, 2.75) is 39.7 Å². The molecule has 4 N–H and O–H groups in total. The average Bonchev–Trinajstić information content (AvgIpc) is 3.47. The number of nitrogens with zero attached hydrogens (tertiary/aromatic N) is 1. The van der Waals surface area contributed by atoms with Crippen LogP contribution in [-0.4, -0.2) is 44.1 Å².